The Morgan fingerprint density at radius 3 is 2.65 bits per heavy atom. The number of nitro groups is 1. The number of ether oxygens (including phenoxy) is 1. The molecule has 6 heteroatoms. The molecule has 23 heavy (non-hydrogen) atoms. The molecule has 0 bridgehead atoms. The van der Waals surface area contributed by atoms with E-state index in [9.17, 15) is 14.9 Å². The van der Waals surface area contributed by atoms with Gasteiger partial charge in [0.2, 0.25) is 0 Å². The van der Waals surface area contributed by atoms with Gasteiger partial charge >= 0.3 is 0 Å². The van der Waals surface area contributed by atoms with Crippen LogP contribution in [0, 0.1) is 10.1 Å². The van der Waals surface area contributed by atoms with Gasteiger partial charge in [-0.05, 0) is 25.0 Å². The Bertz CT molecular complexity index is 673. The number of nitrogens with zero attached hydrogens (tertiary/aromatic N) is 1. The number of nitro benzene ring substituents is 1. The quantitative estimate of drug-likeness (QED) is 0.629. The summed E-state index contributed by atoms with van der Waals surface area (Å²) < 4.78 is 5.45. The second-order valence-corrected chi connectivity index (χ2v) is 5.04. The van der Waals surface area contributed by atoms with Crippen LogP contribution >= 0.6 is 0 Å². The minimum Gasteiger partial charge on any atom is -0.481 e. The van der Waals surface area contributed by atoms with Gasteiger partial charge in [0.15, 0.2) is 6.10 Å². The molecule has 120 valence electrons. The number of amides is 1. The number of nitrogens with one attached hydrogen (secondary N) is 1. The van der Waals surface area contributed by atoms with Crippen molar-refractivity contribution in [1.29, 1.82) is 0 Å². The van der Waals surface area contributed by atoms with E-state index in [0.717, 1.165) is 12.0 Å². The Labute approximate surface area is 134 Å². The Kier molecular flexibility index (Phi) is 5.68. The molecule has 0 spiro atoms. The highest BCUT2D eigenvalue weighted by Gasteiger charge is 2.15. The van der Waals surface area contributed by atoms with E-state index in [4.69, 9.17) is 4.74 Å². The fourth-order valence-electron chi connectivity index (χ4n) is 2.05. The predicted octanol–water partition coefficient (Wildman–Crippen LogP) is 2.72. The van der Waals surface area contributed by atoms with Crippen LogP contribution in [-0.4, -0.2) is 23.5 Å². The summed E-state index contributed by atoms with van der Waals surface area (Å²) in [6.45, 7) is 2.11. The largest absolute Gasteiger partial charge is 0.481 e. The van der Waals surface area contributed by atoms with Gasteiger partial charge < -0.3 is 10.1 Å². The molecule has 0 unspecified atom stereocenters. The first-order valence-corrected chi connectivity index (χ1v) is 7.29. The van der Waals surface area contributed by atoms with Crippen molar-refractivity contribution >= 4 is 11.6 Å². The zero-order chi connectivity index (χ0) is 16.7. The SMILES string of the molecule is C[C@@H](Oc1cccc([N+](=O)[O-])c1)C(=O)NCCc1ccccc1. The van der Waals surface area contributed by atoms with Crippen LogP contribution in [0.15, 0.2) is 54.6 Å². The van der Waals surface area contributed by atoms with Crippen molar-refractivity contribution in [2.45, 2.75) is 19.4 Å². The molecule has 2 aromatic carbocycles. The van der Waals surface area contributed by atoms with Gasteiger partial charge in [-0.15, -0.1) is 0 Å². The van der Waals surface area contributed by atoms with E-state index in [1.165, 1.54) is 18.2 Å². The molecule has 0 saturated carbocycles. The van der Waals surface area contributed by atoms with Crippen molar-refractivity contribution in [2.24, 2.45) is 0 Å². The zero-order valence-electron chi connectivity index (χ0n) is 12.8. The van der Waals surface area contributed by atoms with Gasteiger partial charge in [0, 0.05) is 12.6 Å². The number of hydrogen-bond acceptors (Lipinski definition) is 4. The van der Waals surface area contributed by atoms with E-state index >= 15 is 0 Å². The van der Waals surface area contributed by atoms with Gasteiger partial charge in [-0.25, -0.2) is 0 Å². The minimum absolute atomic E-state index is 0.0702. The van der Waals surface area contributed by atoms with E-state index < -0.39 is 11.0 Å². The summed E-state index contributed by atoms with van der Waals surface area (Å²) in [7, 11) is 0. The molecule has 1 N–H and O–H groups in total. The molecule has 6 nitrogen and oxygen atoms in total. The molecule has 0 aromatic heterocycles. The fraction of sp³-hybridized carbons (Fsp3) is 0.235. The van der Waals surface area contributed by atoms with Crippen molar-refractivity contribution in [1.82, 2.24) is 5.32 Å². The molecule has 1 amide bonds. The molecule has 0 aliphatic heterocycles. The third kappa shape index (κ3) is 5.10. The maximum absolute atomic E-state index is 12.0. The van der Waals surface area contributed by atoms with Crippen LogP contribution in [0.1, 0.15) is 12.5 Å². The number of carbonyl (C=O) groups is 1. The fourth-order valence-corrected chi connectivity index (χ4v) is 2.05. The van der Waals surface area contributed by atoms with Crippen LogP contribution in [-0.2, 0) is 11.2 Å². The minimum atomic E-state index is -0.729. The summed E-state index contributed by atoms with van der Waals surface area (Å²) in [5.41, 5.74) is 1.07. The van der Waals surface area contributed by atoms with Crippen molar-refractivity contribution in [3.05, 3.63) is 70.3 Å². The lowest BCUT2D eigenvalue weighted by atomic mass is 10.1. The smallest absolute Gasteiger partial charge is 0.273 e. The Balaban J connectivity index is 1.83. The monoisotopic (exact) mass is 314 g/mol. The van der Waals surface area contributed by atoms with Crippen molar-refractivity contribution in [3.63, 3.8) is 0 Å². The third-order valence-electron chi connectivity index (χ3n) is 3.27. The van der Waals surface area contributed by atoms with Gasteiger partial charge in [-0.2, -0.15) is 0 Å². The van der Waals surface area contributed by atoms with Gasteiger partial charge in [-0.1, -0.05) is 36.4 Å². The lowest BCUT2D eigenvalue weighted by Crippen LogP contribution is -2.37. The third-order valence-corrected chi connectivity index (χ3v) is 3.27. The molecular weight excluding hydrogens is 296 g/mol. The van der Waals surface area contributed by atoms with Crippen molar-refractivity contribution in [2.75, 3.05) is 6.54 Å². The summed E-state index contributed by atoms with van der Waals surface area (Å²) in [5, 5.41) is 13.5. The highest BCUT2D eigenvalue weighted by molar-refractivity contribution is 5.80. The first kappa shape index (κ1) is 16.5. The lowest BCUT2D eigenvalue weighted by Gasteiger charge is -2.14. The van der Waals surface area contributed by atoms with Crippen molar-refractivity contribution in [3.8, 4) is 5.75 Å². The molecular formula is C17H18N2O4. The van der Waals surface area contributed by atoms with Crippen LogP contribution in [0.25, 0.3) is 0 Å². The zero-order valence-corrected chi connectivity index (χ0v) is 12.8. The second-order valence-electron chi connectivity index (χ2n) is 5.04. The number of benzene rings is 2. The van der Waals surface area contributed by atoms with Gasteiger partial charge in [-0.3, -0.25) is 14.9 Å². The summed E-state index contributed by atoms with van der Waals surface area (Å²) >= 11 is 0. The Morgan fingerprint density at radius 2 is 1.96 bits per heavy atom. The molecule has 0 aliphatic rings. The average Bonchev–Trinajstić information content (AvgIpc) is 2.56. The van der Waals surface area contributed by atoms with Crippen LogP contribution in [0.5, 0.6) is 5.75 Å². The van der Waals surface area contributed by atoms with Crippen molar-refractivity contribution < 1.29 is 14.5 Å². The van der Waals surface area contributed by atoms with E-state index in [0.29, 0.717) is 12.3 Å². The van der Waals surface area contributed by atoms with Gasteiger partial charge in [0.25, 0.3) is 11.6 Å². The van der Waals surface area contributed by atoms with Gasteiger partial charge in [0.1, 0.15) is 5.75 Å². The predicted molar refractivity (Wildman–Crippen MR) is 86.3 cm³/mol. The van der Waals surface area contributed by atoms with Crippen LogP contribution in [0.4, 0.5) is 5.69 Å². The Morgan fingerprint density at radius 1 is 1.22 bits per heavy atom. The molecule has 0 radical (unpaired) electrons. The maximum atomic E-state index is 12.0. The molecule has 0 saturated heterocycles. The molecule has 0 fully saturated rings. The average molecular weight is 314 g/mol. The Hall–Kier alpha value is -2.89. The lowest BCUT2D eigenvalue weighted by molar-refractivity contribution is -0.384. The van der Waals surface area contributed by atoms with E-state index in [1.807, 2.05) is 30.3 Å². The van der Waals surface area contributed by atoms with Crippen LogP contribution < -0.4 is 10.1 Å². The highest BCUT2D eigenvalue weighted by atomic mass is 16.6. The first-order chi connectivity index (χ1) is 11.1. The number of carbonyl (C=O) groups excluding carboxylic acids is 1. The molecule has 2 aromatic rings. The second kappa shape index (κ2) is 7.93. The molecule has 0 aliphatic carbocycles. The van der Waals surface area contributed by atoms with Gasteiger partial charge in [0.05, 0.1) is 11.0 Å². The summed E-state index contributed by atoms with van der Waals surface area (Å²) in [6.07, 6.45) is 0.00334. The summed E-state index contributed by atoms with van der Waals surface area (Å²) in [4.78, 5) is 22.2. The standard InChI is InChI=1S/C17H18N2O4/c1-13(23-16-9-5-8-15(12-16)19(21)22)17(20)18-11-10-14-6-3-2-4-7-14/h2-9,12-13H,10-11H2,1H3,(H,18,20)/t13-/m1/s1. The maximum Gasteiger partial charge on any atom is 0.273 e. The normalized spacial score (nSPS) is 11.5. The van der Waals surface area contributed by atoms with E-state index in [1.54, 1.807) is 13.0 Å². The van der Waals surface area contributed by atoms with Crippen LogP contribution in [0.2, 0.25) is 0 Å². The molecule has 2 rings (SSSR count). The van der Waals surface area contributed by atoms with E-state index in [-0.39, 0.29) is 11.6 Å². The summed E-state index contributed by atoms with van der Waals surface area (Å²) in [6, 6.07) is 15.6. The molecule has 1 atom stereocenters. The number of hydrogen-bond donors (Lipinski definition) is 1. The van der Waals surface area contributed by atoms with Crippen LogP contribution in [0.3, 0.4) is 0 Å². The highest BCUT2D eigenvalue weighted by Crippen LogP contribution is 2.20. The van der Waals surface area contributed by atoms with E-state index in [2.05, 4.69) is 5.32 Å². The molecule has 0 heterocycles. The summed E-state index contributed by atoms with van der Waals surface area (Å²) in [5.74, 6) is 0.0392. The number of rotatable bonds is 7. The first-order valence-electron chi connectivity index (χ1n) is 7.29. The topological polar surface area (TPSA) is 81.5 Å². The number of non-ortho nitro benzene ring substituents is 1.